The van der Waals surface area contributed by atoms with E-state index in [0.29, 0.717) is 38.3 Å². The lowest BCUT2D eigenvalue weighted by atomic mass is 10.1. The number of aliphatic imine (C=N–C) groups is 1. The van der Waals surface area contributed by atoms with Crippen molar-refractivity contribution >= 4 is 40.0 Å². The van der Waals surface area contributed by atoms with Crippen molar-refractivity contribution in [2.24, 2.45) is 4.99 Å². The molecule has 0 radical (unpaired) electrons. The van der Waals surface area contributed by atoms with Crippen molar-refractivity contribution in [3.05, 3.63) is 0 Å². The number of rotatable bonds is 9. The van der Waals surface area contributed by atoms with Crippen LogP contribution in [0, 0.1) is 0 Å². The lowest BCUT2D eigenvalue weighted by Crippen LogP contribution is -2.42. The van der Waals surface area contributed by atoms with E-state index in [9.17, 15) is 8.42 Å². The van der Waals surface area contributed by atoms with Crippen LogP contribution in [0.1, 0.15) is 45.4 Å². The van der Waals surface area contributed by atoms with Gasteiger partial charge in [0.1, 0.15) is 0 Å². The minimum Gasteiger partial charge on any atom is -0.376 e. The van der Waals surface area contributed by atoms with Gasteiger partial charge in [0.25, 0.3) is 0 Å². The monoisotopic (exact) mass is 476 g/mol. The summed E-state index contributed by atoms with van der Waals surface area (Å²) >= 11 is 0. The fraction of sp³-hybridized carbons (Fsp3) is 0.933. The largest absolute Gasteiger partial charge is 0.376 e. The summed E-state index contributed by atoms with van der Waals surface area (Å²) in [5.41, 5.74) is 0. The van der Waals surface area contributed by atoms with Crippen molar-refractivity contribution < 1.29 is 13.2 Å². The lowest BCUT2D eigenvalue weighted by molar-refractivity contribution is 0.0468. The van der Waals surface area contributed by atoms with E-state index in [1.165, 1.54) is 38.5 Å². The third kappa shape index (κ3) is 11.4. The standard InChI is InChI=1S/C15H32N4O3S.HI/c1-3-23(20,21)19-11-10-17-15(16-2)18-12-13-22-14-8-6-4-5-7-9-14;/h14,19H,3-13H2,1-2H3,(H2,16,17,18);1H. The molecule has 0 amide bonds. The summed E-state index contributed by atoms with van der Waals surface area (Å²) in [6.45, 7) is 3.80. The van der Waals surface area contributed by atoms with Gasteiger partial charge in [0.2, 0.25) is 10.0 Å². The van der Waals surface area contributed by atoms with Crippen LogP contribution in [0.25, 0.3) is 0 Å². The maximum Gasteiger partial charge on any atom is 0.211 e. The van der Waals surface area contributed by atoms with Crippen molar-refractivity contribution in [3.8, 4) is 0 Å². The average molecular weight is 476 g/mol. The van der Waals surface area contributed by atoms with Gasteiger partial charge in [0.05, 0.1) is 18.5 Å². The van der Waals surface area contributed by atoms with Gasteiger partial charge in [-0.15, -0.1) is 24.0 Å². The molecule has 24 heavy (non-hydrogen) atoms. The highest BCUT2D eigenvalue weighted by Gasteiger charge is 2.12. The molecule has 1 rings (SSSR count). The molecule has 0 heterocycles. The van der Waals surface area contributed by atoms with Crippen LogP contribution < -0.4 is 15.4 Å². The molecule has 9 heteroatoms. The molecule has 0 aromatic carbocycles. The molecule has 144 valence electrons. The normalized spacial score (nSPS) is 17.0. The van der Waals surface area contributed by atoms with E-state index in [-0.39, 0.29) is 29.7 Å². The van der Waals surface area contributed by atoms with E-state index < -0.39 is 10.0 Å². The number of sulfonamides is 1. The molecule has 1 saturated carbocycles. The number of nitrogens with zero attached hydrogens (tertiary/aromatic N) is 1. The summed E-state index contributed by atoms with van der Waals surface area (Å²) in [5, 5.41) is 6.24. The van der Waals surface area contributed by atoms with Crippen LogP contribution in [-0.2, 0) is 14.8 Å². The third-order valence-corrected chi connectivity index (χ3v) is 5.30. The van der Waals surface area contributed by atoms with Crippen molar-refractivity contribution in [2.45, 2.75) is 51.6 Å². The summed E-state index contributed by atoms with van der Waals surface area (Å²) in [4.78, 5) is 4.10. The van der Waals surface area contributed by atoms with Gasteiger partial charge in [-0.2, -0.15) is 0 Å². The predicted octanol–water partition coefficient (Wildman–Crippen LogP) is 1.45. The molecule has 0 atom stereocenters. The maximum atomic E-state index is 11.3. The zero-order chi connectivity index (χ0) is 17.0. The molecule has 0 bridgehead atoms. The Bertz CT molecular complexity index is 438. The molecule has 0 aliphatic heterocycles. The van der Waals surface area contributed by atoms with Crippen LogP contribution in [0.15, 0.2) is 4.99 Å². The topological polar surface area (TPSA) is 91.8 Å². The van der Waals surface area contributed by atoms with E-state index in [1.807, 2.05) is 0 Å². The predicted molar refractivity (Wildman–Crippen MR) is 110 cm³/mol. The van der Waals surface area contributed by atoms with Crippen LogP contribution >= 0.6 is 24.0 Å². The summed E-state index contributed by atoms with van der Waals surface area (Å²) in [6, 6.07) is 0. The lowest BCUT2D eigenvalue weighted by Gasteiger charge is -2.16. The van der Waals surface area contributed by atoms with Gasteiger partial charge in [0, 0.05) is 26.7 Å². The fourth-order valence-corrected chi connectivity index (χ4v) is 3.13. The van der Waals surface area contributed by atoms with E-state index in [0.717, 1.165) is 0 Å². The second-order valence-electron chi connectivity index (χ2n) is 5.71. The molecule has 1 fully saturated rings. The number of guanidine groups is 1. The van der Waals surface area contributed by atoms with E-state index in [2.05, 4.69) is 20.3 Å². The van der Waals surface area contributed by atoms with Crippen molar-refractivity contribution in [3.63, 3.8) is 0 Å². The van der Waals surface area contributed by atoms with Crippen LogP contribution in [0.2, 0.25) is 0 Å². The van der Waals surface area contributed by atoms with Gasteiger partial charge in [-0.1, -0.05) is 25.7 Å². The van der Waals surface area contributed by atoms with Crippen molar-refractivity contribution in [1.29, 1.82) is 0 Å². The molecule has 0 aromatic heterocycles. The zero-order valence-electron chi connectivity index (χ0n) is 14.8. The summed E-state index contributed by atoms with van der Waals surface area (Å²) in [7, 11) is -1.44. The SMILES string of the molecule is CCS(=O)(=O)NCCNC(=NC)NCCOC1CCCCCC1.I. The van der Waals surface area contributed by atoms with E-state index in [1.54, 1.807) is 14.0 Å². The number of hydrogen-bond donors (Lipinski definition) is 3. The fourth-order valence-electron chi connectivity index (χ4n) is 2.51. The van der Waals surface area contributed by atoms with E-state index >= 15 is 0 Å². The first kappa shape index (κ1) is 23.9. The molecular weight excluding hydrogens is 443 g/mol. The first-order valence-corrected chi connectivity index (χ1v) is 10.3. The van der Waals surface area contributed by atoms with Crippen LogP contribution in [-0.4, -0.2) is 59.5 Å². The highest BCUT2D eigenvalue weighted by molar-refractivity contribution is 14.0. The summed E-state index contributed by atoms with van der Waals surface area (Å²) in [5.74, 6) is 0.753. The molecule has 7 nitrogen and oxygen atoms in total. The van der Waals surface area contributed by atoms with Crippen LogP contribution in [0.4, 0.5) is 0 Å². The first-order chi connectivity index (χ1) is 11.1. The highest BCUT2D eigenvalue weighted by atomic mass is 127. The summed E-state index contributed by atoms with van der Waals surface area (Å²) < 4.78 is 31.0. The minimum absolute atomic E-state index is 0. The van der Waals surface area contributed by atoms with Gasteiger partial charge in [-0.25, -0.2) is 13.1 Å². The van der Waals surface area contributed by atoms with Crippen LogP contribution in [0.3, 0.4) is 0 Å². The third-order valence-electron chi connectivity index (χ3n) is 3.89. The molecule has 1 aliphatic rings. The van der Waals surface area contributed by atoms with E-state index in [4.69, 9.17) is 4.74 Å². The zero-order valence-corrected chi connectivity index (χ0v) is 18.0. The number of hydrogen-bond acceptors (Lipinski definition) is 4. The number of halogens is 1. The molecular formula is C15H33IN4O3S. The molecule has 0 aromatic rings. The van der Waals surface area contributed by atoms with Crippen LogP contribution in [0.5, 0.6) is 0 Å². The Balaban J connectivity index is 0.00000529. The number of nitrogens with one attached hydrogen (secondary N) is 3. The minimum atomic E-state index is -3.13. The Labute approximate surface area is 163 Å². The molecule has 3 N–H and O–H groups in total. The quantitative estimate of drug-likeness (QED) is 0.154. The Kier molecular flexibility index (Phi) is 14.0. The average Bonchev–Trinajstić information content (AvgIpc) is 2.82. The van der Waals surface area contributed by atoms with Gasteiger partial charge in [0.15, 0.2) is 5.96 Å². The smallest absolute Gasteiger partial charge is 0.211 e. The highest BCUT2D eigenvalue weighted by Crippen LogP contribution is 2.19. The van der Waals surface area contributed by atoms with Gasteiger partial charge < -0.3 is 15.4 Å². The molecule has 0 unspecified atom stereocenters. The van der Waals surface area contributed by atoms with Crippen molar-refractivity contribution in [1.82, 2.24) is 15.4 Å². The Morgan fingerprint density at radius 3 is 2.29 bits per heavy atom. The second-order valence-corrected chi connectivity index (χ2v) is 7.80. The number of ether oxygens (including phenoxy) is 1. The Hall–Kier alpha value is -0.130. The van der Waals surface area contributed by atoms with Gasteiger partial charge in [-0.3, -0.25) is 4.99 Å². The first-order valence-electron chi connectivity index (χ1n) is 8.61. The summed E-state index contributed by atoms with van der Waals surface area (Å²) in [6.07, 6.45) is 7.95. The van der Waals surface area contributed by atoms with Crippen molar-refractivity contribution in [2.75, 3.05) is 39.0 Å². The molecule has 0 saturated heterocycles. The van der Waals surface area contributed by atoms with Gasteiger partial charge in [-0.05, 0) is 19.8 Å². The Morgan fingerprint density at radius 1 is 1.08 bits per heavy atom. The Morgan fingerprint density at radius 2 is 1.71 bits per heavy atom. The van der Waals surface area contributed by atoms with Gasteiger partial charge >= 0.3 is 0 Å². The molecule has 0 spiro atoms. The second kappa shape index (κ2) is 14.1. The molecule has 1 aliphatic carbocycles. The maximum absolute atomic E-state index is 11.3.